The Kier molecular flexibility index (Phi) is 6.30. The lowest BCUT2D eigenvalue weighted by Gasteiger charge is -2.35. The maximum Gasteiger partial charge on any atom is 0.248 e. The van der Waals surface area contributed by atoms with Crippen LogP contribution in [0.1, 0.15) is 46.7 Å². The Morgan fingerprint density at radius 1 is 1.18 bits per heavy atom. The number of piperidine rings is 1. The standard InChI is InChI=1S/C22H25N3O3/c23-14-16-1-3-17(4-2-16)19(13-22(27)9-11-25-12-10-22)15-28-20-7-5-18(6-8-20)21(24)26/h1-8,19,25,27H,9-13,15H2,(H2,24,26). The van der Waals surface area contributed by atoms with E-state index in [-0.39, 0.29) is 5.92 Å². The molecule has 0 spiro atoms. The highest BCUT2D eigenvalue weighted by Crippen LogP contribution is 2.32. The number of aliphatic hydroxyl groups is 1. The molecule has 0 radical (unpaired) electrons. The van der Waals surface area contributed by atoms with E-state index < -0.39 is 11.5 Å². The fourth-order valence-electron chi connectivity index (χ4n) is 3.57. The first-order valence-corrected chi connectivity index (χ1v) is 9.45. The first kappa shape index (κ1) is 19.9. The lowest BCUT2D eigenvalue weighted by atomic mass is 9.81. The smallest absolute Gasteiger partial charge is 0.248 e. The molecular formula is C22H25N3O3. The summed E-state index contributed by atoms with van der Waals surface area (Å²) in [7, 11) is 0. The first-order valence-electron chi connectivity index (χ1n) is 9.45. The fraction of sp³-hybridized carbons (Fsp3) is 0.364. The monoisotopic (exact) mass is 379 g/mol. The molecule has 28 heavy (non-hydrogen) atoms. The minimum Gasteiger partial charge on any atom is -0.493 e. The van der Waals surface area contributed by atoms with Gasteiger partial charge in [-0.15, -0.1) is 0 Å². The fourth-order valence-corrected chi connectivity index (χ4v) is 3.57. The van der Waals surface area contributed by atoms with E-state index in [0.29, 0.717) is 42.7 Å². The topological polar surface area (TPSA) is 108 Å². The van der Waals surface area contributed by atoms with Gasteiger partial charge in [0.2, 0.25) is 5.91 Å². The van der Waals surface area contributed by atoms with Crippen molar-refractivity contribution in [2.75, 3.05) is 19.7 Å². The Hall–Kier alpha value is -2.88. The number of hydrogen-bond acceptors (Lipinski definition) is 5. The van der Waals surface area contributed by atoms with Crippen LogP contribution in [-0.2, 0) is 0 Å². The van der Waals surface area contributed by atoms with Crippen LogP contribution in [0.25, 0.3) is 0 Å². The van der Waals surface area contributed by atoms with Crippen LogP contribution in [0.15, 0.2) is 48.5 Å². The van der Waals surface area contributed by atoms with Crippen LogP contribution in [0.2, 0.25) is 0 Å². The molecule has 0 aliphatic carbocycles. The third kappa shape index (κ3) is 5.10. The number of primary amides is 1. The average Bonchev–Trinajstić information content (AvgIpc) is 2.72. The summed E-state index contributed by atoms with van der Waals surface area (Å²) in [4.78, 5) is 11.2. The van der Waals surface area contributed by atoms with E-state index in [9.17, 15) is 9.90 Å². The predicted octanol–water partition coefficient (Wildman–Crippen LogP) is 2.32. The Bertz CT molecular complexity index is 835. The van der Waals surface area contributed by atoms with Gasteiger partial charge >= 0.3 is 0 Å². The highest BCUT2D eigenvalue weighted by molar-refractivity contribution is 5.92. The van der Waals surface area contributed by atoms with Crippen LogP contribution in [0.3, 0.4) is 0 Å². The van der Waals surface area contributed by atoms with E-state index in [1.807, 2.05) is 12.1 Å². The number of nitrogens with one attached hydrogen (secondary N) is 1. The maximum atomic E-state index is 11.2. The molecule has 1 aliphatic rings. The van der Waals surface area contributed by atoms with Gasteiger partial charge in [-0.3, -0.25) is 4.79 Å². The number of hydrogen-bond donors (Lipinski definition) is 3. The van der Waals surface area contributed by atoms with Gasteiger partial charge < -0.3 is 20.9 Å². The van der Waals surface area contributed by atoms with Crippen molar-refractivity contribution in [3.05, 3.63) is 65.2 Å². The molecule has 2 aromatic carbocycles. The SMILES string of the molecule is N#Cc1ccc(C(COc2ccc(C(N)=O)cc2)CC2(O)CCNCC2)cc1. The van der Waals surface area contributed by atoms with Crippen LogP contribution in [0, 0.1) is 11.3 Å². The molecule has 3 rings (SSSR count). The number of ether oxygens (including phenoxy) is 1. The summed E-state index contributed by atoms with van der Waals surface area (Å²) in [5.41, 5.74) is 6.60. The van der Waals surface area contributed by atoms with Gasteiger partial charge in [-0.25, -0.2) is 0 Å². The van der Waals surface area contributed by atoms with Crippen molar-refractivity contribution in [3.8, 4) is 11.8 Å². The molecule has 1 atom stereocenters. The molecule has 1 aliphatic heterocycles. The Labute approximate surface area is 164 Å². The van der Waals surface area contributed by atoms with Crippen molar-refractivity contribution in [2.45, 2.75) is 30.8 Å². The second-order valence-electron chi connectivity index (χ2n) is 7.31. The number of carbonyl (C=O) groups excluding carboxylic acids is 1. The minimum absolute atomic E-state index is 0.0216. The normalized spacial score (nSPS) is 16.7. The Morgan fingerprint density at radius 2 is 1.82 bits per heavy atom. The van der Waals surface area contributed by atoms with Gasteiger partial charge in [0, 0.05) is 11.5 Å². The largest absolute Gasteiger partial charge is 0.493 e. The molecule has 1 saturated heterocycles. The molecule has 1 amide bonds. The van der Waals surface area contributed by atoms with Crippen LogP contribution >= 0.6 is 0 Å². The summed E-state index contributed by atoms with van der Waals surface area (Å²) >= 11 is 0. The summed E-state index contributed by atoms with van der Waals surface area (Å²) in [6, 6.07) is 16.3. The van der Waals surface area contributed by atoms with Crippen molar-refractivity contribution >= 4 is 5.91 Å². The first-order chi connectivity index (χ1) is 13.5. The Balaban J connectivity index is 1.74. The van der Waals surface area contributed by atoms with Gasteiger partial charge in [-0.2, -0.15) is 5.26 Å². The minimum atomic E-state index is -0.733. The van der Waals surface area contributed by atoms with Crippen LogP contribution in [0.4, 0.5) is 0 Å². The maximum absolute atomic E-state index is 11.2. The lowest BCUT2D eigenvalue weighted by Crippen LogP contribution is -2.43. The summed E-state index contributed by atoms with van der Waals surface area (Å²) in [6.07, 6.45) is 1.99. The molecule has 1 heterocycles. The van der Waals surface area contributed by atoms with Gasteiger partial charge in [0.05, 0.1) is 23.8 Å². The van der Waals surface area contributed by atoms with E-state index in [1.165, 1.54) is 0 Å². The number of nitrogens with zero attached hydrogens (tertiary/aromatic N) is 1. The van der Waals surface area contributed by atoms with E-state index >= 15 is 0 Å². The average molecular weight is 379 g/mol. The predicted molar refractivity (Wildman–Crippen MR) is 106 cm³/mol. The van der Waals surface area contributed by atoms with Crippen LogP contribution in [0.5, 0.6) is 5.75 Å². The van der Waals surface area contributed by atoms with Crippen molar-refractivity contribution in [3.63, 3.8) is 0 Å². The number of benzene rings is 2. The van der Waals surface area contributed by atoms with Gasteiger partial charge in [0.25, 0.3) is 0 Å². The molecule has 146 valence electrons. The molecule has 4 N–H and O–H groups in total. The third-order valence-corrected chi connectivity index (χ3v) is 5.26. The summed E-state index contributed by atoms with van der Waals surface area (Å²) in [5, 5.41) is 23.3. The molecular weight excluding hydrogens is 354 g/mol. The van der Waals surface area contributed by atoms with Crippen molar-refractivity contribution in [1.82, 2.24) is 5.32 Å². The van der Waals surface area contributed by atoms with Gasteiger partial charge in [-0.05, 0) is 74.3 Å². The van der Waals surface area contributed by atoms with Crippen molar-refractivity contribution in [2.24, 2.45) is 5.73 Å². The molecule has 1 unspecified atom stereocenters. The summed E-state index contributed by atoms with van der Waals surface area (Å²) in [5.74, 6) is 0.141. The molecule has 2 aromatic rings. The summed E-state index contributed by atoms with van der Waals surface area (Å²) in [6.45, 7) is 1.98. The number of rotatable bonds is 7. The molecule has 0 bridgehead atoms. The number of carbonyl (C=O) groups is 1. The van der Waals surface area contributed by atoms with E-state index in [4.69, 9.17) is 15.7 Å². The number of amides is 1. The van der Waals surface area contributed by atoms with Gasteiger partial charge in [-0.1, -0.05) is 12.1 Å². The number of nitriles is 1. The third-order valence-electron chi connectivity index (χ3n) is 5.26. The Morgan fingerprint density at radius 3 is 2.39 bits per heavy atom. The zero-order valence-electron chi connectivity index (χ0n) is 15.7. The lowest BCUT2D eigenvalue weighted by molar-refractivity contribution is -0.00754. The van der Waals surface area contributed by atoms with Crippen molar-refractivity contribution < 1.29 is 14.6 Å². The number of nitrogens with two attached hydrogens (primary N) is 1. The van der Waals surface area contributed by atoms with Crippen LogP contribution in [-0.4, -0.2) is 36.3 Å². The molecule has 0 saturated carbocycles. The molecule has 1 fully saturated rings. The van der Waals surface area contributed by atoms with Crippen LogP contribution < -0.4 is 15.8 Å². The molecule has 6 nitrogen and oxygen atoms in total. The van der Waals surface area contributed by atoms with Gasteiger partial charge in [0.1, 0.15) is 5.75 Å². The molecule has 6 heteroatoms. The van der Waals surface area contributed by atoms with Gasteiger partial charge in [0.15, 0.2) is 0 Å². The second-order valence-corrected chi connectivity index (χ2v) is 7.31. The quantitative estimate of drug-likeness (QED) is 0.684. The zero-order valence-corrected chi connectivity index (χ0v) is 15.7. The molecule has 0 aromatic heterocycles. The van der Waals surface area contributed by atoms with E-state index in [0.717, 1.165) is 18.7 Å². The van der Waals surface area contributed by atoms with E-state index in [1.54, 1.807) is 36.4 Å². The highest BCUT2D eigenvalue weighted by Gasteiger charge is 2.33. The zero-order chi connectivity index (χ0) is 20.0. The van der Waals surface area contributed by atoms with E-state index in [2.05, 4.69) is 11.4 Å². The highest BCUT2D eigenvalue weighted by atomic mass is 16.5. The van der Waals surface area contributed by atoms with Crippen molar-refractivity contribution in [1.29, 1.82) is 5.26 Å². The second kappa shape index (κ2) is 8.87. The summed E-state index contributed by atoms with van der Waals surface area (Å²) < 4.78 is 5.96.